The molecule has 2 aliphatic rings. The molecule has 2 saturated heterocycles. The van der Waals surface area contributed by atoms with Crippen LogP contribution in [-0.2, 0) is 9.53 Å². The van der Waals surface area contributed by atoms with E-state index in [1.54, 1.807) is 0 Å². The number of para-hydroxylation sites is 2. The maximum Gasteiger partial charge on any atom is 0.258 e. The van der Waals surface area contributed by atoms with E-state index >= 15 is 0 Å². The van der Waals surface area contributed by atoms with Gasteiger partial charge in [0, 0.05) is 26.2 Å². The quantitative estimate of drug-likeness (QED) is 0.773. The average molecular weight is 399 g/mol. The third-order valence-corrected chi connectivity index (χ3v) is 5.58. The van der Waals surface area contributed by atoms with Crippen molar-refractivity contribution in [1.29, 1.82) is 0 Å². The van der Waals surface area contributed by atoms with Gasteiger partial charge >= 0.3 is 0 Å². The highest BCUT2D eigenvalue weighted by atomic mass is 16.5. The van der Waals surface area contributed by atoms with Gasteiger partial charge in [0.15, 0.2) is 5.82 Å². The molecule has 7 nitrogen and oxygen atoms in total. The van der Waals surface area contributed by atoms with Crippen molar-refractivity contribution in [2.75, 3.05) is 37.7 Å². The van der Waals surface area contributed by atoms with Crippen LogP contribution in [0.5, 0.6) is 5.88 Å². The molecule has 0 bridgehead atoms. The van der Waals surface area contributed by atoms with E-state index in [0.29, 0.717) is 25.6 Å². The van der Waals surface area contributed by atoms with Gasteiger partial charge in [0.1, 0.15) is 0 Å². The Balaban J connectivity index is 1.49. The molecule has 7 heteroatoms. The van der Waals surface area contributed by atoms with Crippen molar-refractivity contribution < 1.29 is 14.3 Å². The van der Waals surface area contributed by atoms with Gasteiger partial charge in [-0.15, -0.1) is 0 Å². The Bertz CT molecular complexity index is 838. The normalized spacial score (nSPS) is 22.0. The number of nitrogens with zero attached hydrogens (tertiary/aromatic N) is 3. The largest absolute Gasteiger partial charge is 0.475 e. The molecule has 29 heavy (non-hydrogen) atoms. The fraction of sp³-hybridized carbons (Fsp3) is 0.591. The number of fused-ring (bicyclic) bond motifs is 1. The third kappa shape index (κ3) is 4.78. The summed E-state index contributed by atoms with van der Waals surface area (Å²) in [6, 6.07) is 7.83. The number of piperidine rings is 1. The summed E-state index contributed by atoms with van der Waals surface area (Å²) < 4.78 is 11.5. The van der Waals surface area contributed by atoms with Gasteiger partial charge in [-0.2, -0.15) is 0 Å². The molecule has 2 aromatic rings. The van der Waals surface area contributed by atoms with Gasteiger partial charge in [-0.1, -0.05) is 19.1 Å². The van der Waals surface area contributed by atoms with Crippen LogP contribution in [0, 0.1) is 5.92 Å². The second kappa shape index (κ2) is 9.39. The predicted molar refractivity (Wildman–Crippen MR) is 112 cm³/mol. The summed E-state index contributed by atoms with van der Waals surface area (Å²) in [6.07, 6.45) is 5.02. The molecule has 2 aliphatic heterocycles. The van der Waals surface area contributed by atoms with Gasteiger partial charge in [0.2, 0.25) is 5.91 Å². The second-order valence-electron chi connectivity index (χ2n) is 7.85. The standard InChI is InChI=1S/C22H30N4O3/c1-2-12-29-22-20(24-18-9-3-4-10-19(18)25-22)26-11-5-7-16(15-26)21(27)23-14-17-8-6-13-28-17/h3-4,9-10,16-17H,2,5-8,11-15H2,1H3,(H,23,27)/t16-,17+/m0/s1. The van der Waals surface area contributed by atoms with Crippen molar-refractivity contribution in [3.63, 3.8) is 0 Å². The number of hydrogen-bond donors (Lipinski definition) is 1. The van der Waals surface area contributed by atoms with Crippen LogP contribution in [0.15, 0.2) is 24.3 Å². The number of nitrogens with one attached hydrogen (secondary N) is 1. The Morgan fingerprint density at radius 3 is 2.83 bits per heavy atom. The summed E-state index contributed by atoms with van der Waals surface area (Å²) in [5, 5.41) is 3.09. The number of rotatable bonds is 7. The van der Waals surface area contributed by atoms with E-state index in [4.69, 9.17) is 19.4 Å². The van der Waals surface area contributed by atoms with Crippen molar-refractivity contribution >= 4 is 22.8 Å². The van der Waals surface area contributed by atoms with Crippen molar-refractivity contribution in [3.05, 3.63) is 24.3 Å². The van der Waals surface area contributed by atoms with Crippen molar-refractivity contribution in [2.24, 2.45) is 5.92 Å². The highest BCUT2D eigenvalue weighted by Crippen LogP contribution is 2.31. The van der Waals surface area contributed by atoms with Gasteiger partial charge < -0.3 is 19.7 Å². The maximum absolute atomic E-state index is 12.7. The first-order valence-corrected chi connectivity index (χ1v) is 10.8. The first-order valence-electron chi connectivity index (χ1n) is 10.8. The van der Waals surface area contributed by atoms with Gasteiger partial charge in [-0.05, 0) is 44.2 Å². The minimum absolute atomic E-state index is 0.0579. The molecule has 1 aromatic carbocycles. The van der Waals surface area contributed by atoms with Crippen molar-refractivity contribution in [3.8, 4) is 5.88 Å². The Morgan fingerprint density at radius 2 is 2.07 bits per heavy atom. The molecule has 3 heterocycles. The molecule has 0 spiro atoms. The molecule has 156 valence electrons. The molecule has 0 aliphatic carbocycles. The van der Waals surface area contributed by atoms with Crippen LogP contribution in [0.2, 0.25) is 0 Å². The Kier molecular flexibility index (Phi) is 6.44. The lowest BCUT2D eigenvalue weighted by atomic mass is 9.97. The van der Waals surface area contributed by atoms with Gasteiger partial charge in [-0.3, -0.25) is 4.79 Å². The molecule has 2 fully saturated rings. The number of aromatic nitrogens is 2. The van der Waals surface area contributed by atoms with Crippen LogP contribution in [0.25, 0.3) is 11.0 Å². The van der Waals surface area contributed by atoms with E-state index in [-0.39, 0.29) is 17.9 Å². The summed E-state index contributed by atoms with van der Waals surface area (Å²) in [4.78, 5) is 24.4. The monoisotopic (exact) mass is 398 g/mol. The molecule has 1 aromatic heterocycles. The average Bonchev–Trinajstić information content (AvgIpc) is 3.29. The minimum atomic E-state index is -0.0579. The van der Waals surface area contributed by atoms with E-state index in [1.165, 1.54) is 0 Å². The third-order valence-electron chi connectivity index (χ3n) is 5.58. The zero-order valence-corrected chi connectivity index (χ0v) is 17.1. The first kappa shape index (κ1) is 19.9. The van der Waals surface area contributed by atoms with Crippen LogP contribution in [-0.4, -0.2) is 54.8 Å². The molecule has 2 atom stereocenters. The zero-order chi connectivity index (χ0) is 20.1. The van der Waals surface area contributed by atoms with E-state index < -0.39 is 0 Å². The van der Waals surface area contributed by atoms with Crippen molar-refractivity contribution in [2.45, 2.75) is 45.1 Å². The van der Waals surface area contributed by atoms with Gasteiger partial charge in [-0.25, -0.2) is 9.97 Å². The Labute approximate surface area is 171 Å². The summed E-state index contributed by atoms with van der Waals surface area (Å²) in [6.45, 7) is 5.56. The Morgan fingerprint density at radius 1 is 1.24 bits per heavy atom. The molecule has 0 radical (unpaired) electrons. The second-order valence-corrected chi connectivity index (χ2v) is 7.85. The number of carbonyl (C=O) groups excluding carboxylic acids is 1. The lowest BCUT2D eigenvalue weighted by Crippen LogP contribution is -2.45. The number of ether oxygens (including phenoxy) is 2. The smallest absolute Gasteiger partial charge is 0.258 e. The molecular weight excluding hydrogens is 368 g/mol. The fourth-order valence-electron chi connectivity index (χ4n) is 4.02. The number of anilines is 1. The molecule has 1 N–H and O–H groups in total. The minimum Gasteiger partial charge on any atom is -0.475 e. The van der Waals surface area contributed by atoms with Gasteiger partial charge in [0.25, 0.3) is 5.88 Å². The number of benzene rings is 1. The van der Waals surface area contributed by atoms with Crippen LogP contribution in [0.1, 0.15) is 39.0 Å². The van der Waals surface area contributed by atoms with Gasteiger partial charge in [0.05, 0.1) is 29.7 Å². The molecule has 0 unspecified atom stereocenters. The lowest BCUT2D eigenvalue weighted by molar-refractivity contribution is -0.125. The fourth-order valence-corrected chi connectivity index (χ4v) is 4.02. The first-order chi connectivity index (χ1) is 14.2. The van der Waals surface area contributed by atoms with Crippen LogP contribution in [0.4, 0.5) is 5.82 Å². The van der Waals surface area contributed by atoms with E-state index in [0.717, 1.165) is 62.1 Å². The lowest BCUT2D eigenvalue weighted by Gasteiger charge is -2.33. The predicted octanol–water partition coefficient (Wildman–Crippen LogP) is 2.93. The van der Waals surface area contributed by atoms with Crippen LogP contribution < -0.4 is 15.0 Å². The highest BCUT2D eigenvalue weighted by molar-refractivity contribution is 5.80. The molecule has 0 saturated carbocycles. The van der Waals surface area contributed by atoms with E-state index in [9.17, 15) is 4.79 Å². The number of hydrogen-bond acceptors (Lipinski definition) is 6. The summed E-state index contributed by atoms with van der Waals surface area (Å²) in [5.41, 5.74) is 1.67. The van der Waals surface area contributed by atoms with Crippen LogP contribution in [0.3, 0.4) is 0 Å². The SMILES string of the molecule is CCCOc1nc2ccccc2nc1N1CCC[C@H](C(=O)NC[C@H]2CCCO2)C1. The maximum atomic E-state index is 12.7. The Hall–Kier alpha value is -2.41. The van der Waals surface area contributed by atoms with Crippen molar-refractivity contribution in [1.82, 2.24) is 15.3 Å². The summed E-state index contributed by atoms with van der Waals surface area (Å²) >= 11 is 0. The van der Waals surface area contributed by atoms with E-state index in [2.05, 4.69) is 17.1 Å². The summed E-state index contributed by atoms with van der Waals surface area (Å²) in [5.74, 6) is 1.35. The highest BCUT2D eigenvalue weighted by Gasteiger charge is 2.29. The number of amides is 1. The summed E-state index contributed by atoms with van der Waals surface area (Å²) in [7, 11) is 0. The molecule has 4 rings (SSSR count). The molecular formula is C22H30N4O3. The van der Waals surface area contributed by atoms with Crippen LogP contribution >= 0.6 is 0 Å². The topological polar surface area (TPSA) is 76.6 Å². The number of carbonyl (C=O) groups is 1. The van der Waals surface area contributed by atoms with E-state index in [1.807, 2.05) is 24.3 Å². The molecule has 1 amide bonds. The zero-order valence-electron chi connectivity index (χ0n) is 17.1.